The molecule has 3 N–H and O–H groups in total. The van der Waals surface area contributed by atoms with Crippen molar-refractivity contribution in [3.8, 4) is 11.6 Å². The molecule has 1 atom stereocenters. The van der Waals surface area contributed by atoms with Crippen molar-refractivity contribution >= 4 is 51.6 Å². The van der Waals surface area contributed by atoms with Crippen LogP contribution in [0.25, 0.3) is 18.2 Å². The average Bonchev–Trinajstić information content (AvgIpc) is 3.05. The molecule has 0 spiro atoms. The maximum atomic E-state index is 15.2. The fraction of sp³-hybridized carbons (Fsp3) is 0.382. The Hall–Kier alpha value is -4.14. The maximum Gasteiger partial charge on any atom is 0.253 e. The third kappa shape index (κ3) is 10.7. The topological polar surface area (TPSA) is 140 Å². The largest absolute Gasteiger partial charge is 0.495 e. The Morgan fingerprint density at radius 2 is 1.76 bits per heavy atom. The summed E-state index contributed by atoms with van der Waals surface area (Å²) in [4.78, 5) is 21.0. The van der Waals surface area contributed by atoms with Crippen LogP contribution in [0.3, 0.4) is 0 Å². The van der Waals surface area contributed by atoms with Crippen LogP contribution in [0.1, 0.15) is 71.6 Å². The van der Waals surface area contributed by atoms with Gasteiger partial charge in [0.25, 0.3) is 5.91 Å². The highest BCUT2D eigenvalue weighted by Gasteiger charge is 2.42. The zero-order valence-electron chi connectivity index (χ0n) is 27.2. The van der Waals surface area contributed by atoms with Crippen LogP contribution in [0.15, 0.2) is 48.8 Å². The van der Waals surface area contributed by atoms with Crippen LogP contribution >= 0.6 is 11.6 Å². The lowest BCUT2D eigenvalue weighted by Crippen LogP contribution is -2.33. The van der Waals surface area contributed by atoms with E-state index in [1.807, 2.05) is 0 Å². The van der Waals surface area contributed by atoms with E-state index in [0.717, 1.165) is 0 Å². The van der Waals surface area contributed by atoms with E-state index < -0.39 is 40.2 Å². The number of carbonyl (C=O) groups excluding carboxylic acids is 1. The number of benzene rings is 1. The minimum absolute atomic E-state index is 0.0647. The molecule has 0 radical (unpaired) electrons. The molecule has 49 heavy (non-hydrogen) atoms. The molecule has 1 fully saturated rings. The van der Waals surface area contributed by atoms with Gasteiger partial charge in [0.05, 0.1) is 31.7 Å². The third-order valence-corrected chi connectivity index (χ3v) is 9.48. The fourth-order valence-electron chi connectivity index (χ4n) is 5.10. The van der Waals surface area contributed by atoms with Crippen molar-refractivity contribution in [2.45, 2.75) is 62.4 Å². The Bertz CT molecular complexity index is 1810. The predicted octanol–water partition coefficient (Wildman–Crippen LogP) is 6.69. The number of hydrogen-bond donors (Lipinski definition) is 3. The van der Waals surface area contributed by atoms with Gasteiger partial charge >= 0.3 is 0 Å². The molecule has 4 rings (SSSR count). The highest BCUT2D eigenvalue weighted by Crippen LogP contribution is 2.42. The molecule has 1 aromatic carbocycles. The van der Waals surface area contributed by atoms with Crippen molar-refractivity contribution in [3.63, 3.8) is 0 Å². The number of nitrogens with zero attached hydrogens (tertiary/aromatic N) is 2. The maximum absolute atomic E-state index is 15.2. The number of rotatable bonds is 14. The zero-order chi connectivity index (χ0) is 35.8. The lowest BCUT2D eigenvalue weighted by Gasteiger charge is -2.31. The third-order valence-electron chi connectivity index (χ3n) is 7.90. The summed E-state index contributed by atoms with van der Waals surface area (Å²) in [6.07, 6.45) is 7.18. The summed E-state index contributed by atoms with van der Waals surface area (Å²) in [7, 11) is -1.25. The quantitative estimate of drug-likeness (QED) is 0.167. The van der Waals surface area contributed by atoms with Crippen LogP contribution < -0.4 is 19.5 Å². The van der Waals surface area contributed by atoms with E-state index >= 15 is 4.39 Å². The van der Waals surface area contributed by atoms with E-state index in [2.05, 4.69) is 20.0 Å². The molecular formula is C34H38ClF3N4O6S. The Morgan fingerprint density at radius 3 is 2.43 bits per heavy atom. The van der Waals surface area contributed by atoms with Crippen LogP contribution in [-0.4, -0.2) is 67.9 Å². The summed E-state index contributed by atoms with van der Waals surface area (Å²) < 4.78 is 81.7. The number of carbonyl (C=O) groups is 1. The van der Waals surface area contributed by atoms with E-state index in [0.29, 0.717) is 23.1 Å². The average molecular weight is 723 g/mol. The van der Waals surface area contributed by atoms with Crippen LogP contribution in [0, 0.1) is 0 Å². The second-order valence-electron chi connectivity index (χ2n) is 11.8. The molecular weight excluding hydrogens is 685 g/mol. The van der Waals surface area contributed by atoms with Gasteiger partial charge in [0.2, 0.25) is 21.8 Å². The summed E-state index contributed by atoms with van der Waals surface area (Å²) in [5, 5.41) is 12.1. The van der Waals surface area contributed by atoms with Gasteiger partial charge in [-0.05, 0) is 73.7 Å². The van der Waals surface area contributed by atoms with E-state index in [1.165, 1.54) is 44.8 Å². The Balaban J connectivity index is 1.50. The second kappa shape index (κ2) is 16.0. The number of aliphatic hydroxyl groups excluding tert-OH is 1. The standard InChI is InChI=1S/C34H38ClF3N4O6S/c1-22(9-15-43)41-31(44)26-17-25(32(48-3)40-19-26)6-4-23-5-7-28(35)27(16-23)21-49(45,46)42-30-18-24(29(47-2)20-39-30)8-10-33(36)11-13-34(37,38)14-12-33/h4-8,10,16-20,22,43H,9,11-15,21H2,1-3H3,(H,39,42)(H,41,44)/b6-4+,10-8+. The molecule has 1 aliphatic carbocycles. The van der Waals surface area contributed by atoms with Crippen molar-refractivity contribution in [1.82, 2.24) is 15.3 Å². The molecule has 15 heteroatoms. The predicted molar refractivity (Wildman–Crippen MR) is 183 cm³/mol. The number of nitrogens with one attached hydrogen (secondary N) is 2. The Kier molecular flexibility index (Phi) is 12.3. The molecule has 3 aromatic rings. The minimum atomic E-state index is -4.06. The first-order chi connectivity index (χ1) is 23.1. The molecule has 0 bridgehead atoms. The van der Waals surface area contributed by atoms with Crippen LogP contribution in [0.4, 0.5) is 19.0 Å². The van der Waals surface area contributed by atoms with Crippen LogP contribution in [0.2, 0.25) is 5.02 Å². The molecule has 264 valence electrons. The highest BCUT2D eigenvalue weighted by atomic mass is 35.5. The van der Waals surface area contributed by atoms with Gasteiger partial charge in [0.1, 0.15) is 17.2 Å². The van der Waals surface area contributed by atoms with Gasteiger partial charge in [0, 0.05) is 47.8 Å². The minimum Gasteiger partial charge on any atom is -0.495 e. The van der Waals surface area contributed by atoms with Gasteiger partial charge in [-0.1, -0.05) is 29.8 Å². The van der Waals surface area contributed by atoms with Gasteiger partial charge in [-0.25, -0.2) is 31.6 Å². The SMILES string of the molecule is COc1cnc(NS(=O)(=O)Cc2cc(/C=C/c3cc(C(=O)NC(C)CCO)cnc3OC)ccc2Cl)cc1/C=C/C1(F)CCC(F)(F)CC1. The number of amides is 1. The van der Waals surface area contributed by atoms with Gasteiger partial charge < -0.3 is 19.9 Å². The van der Waals surface area contributed by atoms with Gasteiger partial charge in [-0.15, -0.1) is 0 Å². The number of aromatic nitrogens is 2. The molecule has 2 heterocycles. The van der Waals surface area contributed by atoms with Crippen molar-refractivity contribution in [1.29, 1.82) is 0 Å². The Morgan fingerprint density at radius 1 is 1.02 bits per heavy atom. The second-order valence-corrected chi connectivity index (χ2v) is 13.9. The summed E-state index contributed by atoms with van der Waals surface area (Å²) >= 11 is 6.37. The first kappa shape index (κ1) is 37.7. The van der Waals surface area contributed by atoms with Crippen molar-refractivity contribution in [3.05, 3.63) is 81.6 Å². The number of methoxy groups -OCH3 is 2. The summed E-state index contributed by atoms with van der Waals surface area (Å²) in [5.74, 6) is -3.33. The Labute approximate surface area is 288 Å². The fourth-order valence-corrected chi connectivity index (χ4v) is 6.52. The van der Waals surface area contributed by atoms with Gasteiger partial charge in [-0.2, -0.15) is 0 Å². The molecule has 1 saturated carbocycles. The van der Waals surface area contributed by atoms with Crippen LogP contribution in [0.5, 0.6) is 11.6 Å². The molecule has 0 aliphatic heterocycles. The normalized spacial score (nSPS) is 16.4. The number of sulfonamides is 1. The van der Waals surface area contributed by atoms with Crippen molar-refractivity contribution < 1.29 is 41.0 Å². The molecule has 10 nitrogen and oxygen atoms in total. The van der Waals surface area contributed by atoms with E-state index in [9.17, 15) is 22.0 Å². The number of aliphatic hydroxyl groups is 1. The molecule has 1 aliphatic rings. The monoisotopic (exact) mass is 722 g/mol. The molecule has 1 amide bonds. The van der Waals surface area contributed by atoms with Crippen molar-refractivity contribution in [2.24, 2.45) is 0 Å². The lowest BCUT2D eigenvalue weighted by atomic mass is 9.83. The smallest absolute Gasteiger partial charge is 0.253 e. The number of halogens is 4. The first-order valence-electron chi connectivity index (χ1n) is 15.4. The van der Waals surface area contributed by atoms with Gasteiger partial charge in [-0.3, -0.25) is 9.52 Å². The first-order valence-corrected chi connectivity index (χ1v) is 17.4. The van der Waals surface area contributed by atoms with E-state index in [1.54, 1.807) is 43.3 Å². The number of allylic oxidation sites excluding steroid dienone is 1. The number of ether oxygens (including phenoxy) is 2. The van der Waals surface area contributed by atoms with E-state index in [4.69, 9.17) is 26.2 Å². The lowest BCUT2D eigenvalue weighted by molar-refractivity contribution is -0.0639. The number of hydrogen-bond acceptors (Lipinski definition) is 8. The number of anilines is 1. The molecule has 0 saturated heterocycles. The number of alkyl halides is 3. The zero-order valence-corrected chi connectivity index (χ0v) is 28.8. The summed E-state index contributed by atoms with van der Waals surface area (Å²) in [6.45, 7) is 1.71. The van der Waals surface area contributed by atoms with Crippen LogP contribution in [-0.2, 0) is 15.8 Å². The highest BCUT2D eigenvalue weighted by molar-refractivity contribution is 7.91. The molecule has 2 aromatic heterocycles. The summed E-state index contributed by atoms with van der Waals surface area (Å²) in [6, 6.07) is 7.54. The van der Waals surface area contributed by atoms with E-state index in [-0.39, 0.29) is 65.0 Å². The van der Waals surface area contributed by atoms with Gasteiger partial charge in [0.15, 0.2) is 0 Å². The molecule has 1 unspecified atom stereocenters. The summed E-state index contributed by atoms with van der Waals surface area (Å²) in [5.41, 5.74) is 0.0396. The number of pyridine rings is 2. The van der Waals surface area contributed by atoms with Crippen molar-refractivity contribution in [2.75, 3.05) is 25.5 Å².